The summed E-state index contributed by atoms with van der Waals surface area (Å²) in [6.07, 6.45) is 6.65. The Labute approximate surface area is 236 Å². The van der Waals surface area contributed by atoms with Gasteiger partial charge in [-0.3, -0.25) is 23.9 Å². The van der Waals surface area contributed by atoms with E-state index in [1.54, 1.807) is 56.1 Å². The van der Waals surface area contributed by atoms with Crippen molar-refractivity contribution >= 4 is 43.9 Å². The lowest BCUT2D eigenvalue weighted by molar-refractivity contribution is -0.138. The molecule has 3 aromatic heterocycles. The zero-order valence-electron chi connectivity index (χ0n) is 22.5. The number of carbonyl (C=O) groups excluding carboxylic acids is 1. The lowest BCUT2D eigenvalue weighted by Gasteiger charge is -2.37. The third kappa shape index (κ3) is 4.79. The van der Waals surface area contributed by atoms with Crippen LogP contribution >= 0.6 is 11.3 Å². The van der Waals surface area contributed by atoms with Crippen LogP contribution in [0.5, 0.6) is 0 Å². The second-order valence-corrected chi connectivity index (χ2v) is 13.7. The van der Waals surface area contributed by atoms with E-state index in [0.717, 1.165) is 42.8 Å². The first kappa shape index (κ1) is 26.6. The second kappa shape index (κ2) is 10.1. The number of hydrogen-bond donors (Lipinski definition) is 1. The molecule has 0 radical (unpaired) electrons. The Morgan fingerprint density at radius 2 is 1.77 bits per heavy atom. The number of likely N-dealkylation sites (tertiary alicyclic amines) is 1. The number of carbonyl (C=O) groups is 1. The van der Waals surface area contributed by atoms with E-state index in [9.17, 15) is 18.0 Å². The Bertz CT molecular complexity index is 1800. The summed E-state index contributed by atoms with van der Waals surface area (Å²) >= 11 is 1.12. The van der Waals surface area contributed by atoms with Crippen molar-refractivity contribution in [2.45, 2.75) is 56.7 Å². The molecular formula is C28H30N6O4S2. The number of hydrogen-bond acceptors (Lipinski definition) is 8. The summed E-state index contributed by atoms with van der Waals surface area (Å²) < 4.78 is 30.6. The molecule has 12 heteroatoms. The minimum Gasteiger partial charge on any atom is -0.342 e. The molecule has 1 saturated carbocycles. The van der Waals surface area contributed by atoms with Crippen LogP contribution in [0, 0.1) is 26.7 Å². The van der Waals surface area contributed by atoms with Gasteiger partial charge in [-0.2, -0.15) is 0 Å². The van der Waals surface area contributed by atoms with E-state index >= 15 is 0 Å². The monoisotopic (exact) mass is 578 g/mol. The number of fused-ring (bicyclic) bond motifs is 1. The van der Waals surface area contributed by atoms with Gasteiger partial charge in [0.2, 0.25) is 5.91 Å². The molecule has 10 nitrogen and oxygen atoms in total. The van der Waals surface area contributed by atoms with Crippen LogP contribution < -0.4 is 10.3 Å². The molecule has 0 atom stereocenters. The quantitative estimate of drug-likeness (QED) is 0.363. The molecule has 4 aromatic rings. The Hall–Kier alpha value is -3.64. The van der Waals surface area contributed by atoms with E-state index in [0.29, 0.717) is 51.4 Å². The van der Waals surface area contributed by atoms with Crippen LogP contribution in [0.1, 0.15) is 48.1 Å². The van der Waals surface area contributed by atoms with Gasteiger partial charge in [0.1, 0.15) is 0 Å². The Morgan fingerprint density at radius 3 is 2.48 bits per heavy atom. The smallest absolute Gasteiger partial charge is 0.273 e. The first-order chi connectivity index (χ1) is 19.1. The van der Waals surface area contributed by atoms with Crippen LogP contribution in [0.4, 0.5) is 5.69 Å². The number of anilines is 1. The first-order valence-corrected chi connectivity index (χ1v) is 15.6. The highest BCUT2D eigenvalue weighted by Crippen LogP contribution is 2.39. The Kier molecular flexibility index (Phi) is 6.70. The van der Waals surface area contributed by atoms with Gasteiger partial charge in [0.05, 0.1) is 39.3 Å². The summed E-state index contributed by atoms with van der Waals surface area (Å²) in [7, 11) is -3.84. The van der Waals surface area contributed by atoms with Gasteiger partial charge in [-0.25, -0.2) is 18.4 Å². The second-order valence-electron chi connectivity index (χ2n) is 10.6. The number of amides is 1. The Morgan fingerprint density at radius 1 is 1.02 bits per heavy atom. The van der Waals surface area contributed by atoms with E-state index in [4.69, 9.17) is 0 Å². The standard InChI is InChI=1S/C28H30N6O4S2/c1-16-25(32-40(37,38)28-17(2)31-18(3)39-28)13-21(14-29-16)19-6-7-24-23(12-19)27(36)34(15-30-24)22-10-20(11-22)26(35)33-8-4-5-9-33/h6-7,12-15,20,22,32H,4-5,8-11H2,1-3H3/t20-,22-. The van der Waals surface area contributed by atoms with E-state index < -0.39 is 10.0 Å². The molecule has 4 heterocycles. The summed E-state index contributed by atoms with van der Waals surface area (Å²) in [5.74, 6) is 0.173. The van der Waals surface area contributed by atoms with Gasteiger partial charge in [-0.05, 0) is 70.2 Å². The van der Waals surface area contributed by atoms with Crippen molar-refractivity contribution in [1.29, 1.82) is 0 Å². The number of thiazole rings is 1. The van der Waals surface area contributed by atoms with Crippen LogP contribution in [0.3, 0.4) is 0 Å². The number of nitrogens with zero attached hydrogens (tertiary/aromatic N) is 5. The van der Waals surface area contributed by atoms with E-state index in [1.165, 1.54) is 0 Å². The van der Waals surface area contributed by atoms with Gasteiger partial charge in [0.15, 0.2) is 4.21 Å². The third-order valence-electron chi connectivity index (χ3n) is 7.83. The summed E-state index contributed by atoms with van der Waals surface area (Å²) in [5.41, 5.74) is 3.14. The minimum atomic E-state index is -3.84. The number of benzene rings is 1. The number of aryl methyl sites for hydroxylation is 3. The van der Waals surface area contributed by atoms with Crippen molar-refractivity contribution in [3.8, 4) is 11.1 Å². The highest BCUT2D eigenvalue weighted by molar-refractivity contribution is 7.94. The van der Waals surface area contributed by atoms with E-state index in [2.05, 4.69) is 19.7 Å². The lowest BCUT2D eigenvalue weighted by atomic mass is 9.79. The maximum absolute atomic E-state index is 13.5. The average Bonchev–Trinajstić information content (AvgIpc) is 3.55. The number of aromatic nitrogens is 4. The van der Waals surface area contributed by atoms with Crippen LogP contribution in [0.2, 0.25) is 0 Å². The van der Waals surface area contributed by atoms with E-state index in [-0.39, 0.29) is 27.6 Å². The van der Waals surface area contributed by atoms with Gasteiger partial charge in [-0.15, -0.1) is 11.3 Å². The van der Waals surface area contributed by atoms with Crippen molar-refractivity contribution in [1.82, 2.24) is 24.4 Å². The number of pyridine rings is 1. The van der Waals surface area contributed by atoms with Crippen LogP contribution in [0.15, 0.2) is 45.8 Å². The summed E-state index contributed by atoms with van der Waals surface area (Å²) in [6.45, 7) is 6.84. The van der Waals surface area contributed by atoms with Gasteiger partial charge >= 0.3 is 0 Å². The first-order valence-electron chi connectivity index (χ1n) is 13.3. The number of sulfonamides is 1. The van der Waals surface area contributed by atoms with Crippen LogP contribution in [-0.2, 0) is 14.8 Å². The molecule has 0 spiro atoms. The highest BCUT2D eigenvalue weighted by atomic mass is 32.2. The SMILES string of the molecule is Cc1nc(C)c(S(=O)(=O)Nc2cc(-c3ccc4ncn([C@H]5C[C@H](C(=O)N6CCCC6)C5)c(=O)c4c3)cnc2C)s1. The number of rotatable bonds is 6. The molecule has 1 aliphatic carbocycles. The predicted molar refractivity (Wildman–Crippen MR) is 154 cm³/mol. The molecule has 2 fully saturated rings. The maximum Gasteiger partial charge on any atom is 0.273 e. The molecule has 0 bridgehead atoms. The molecule has 1 aliphatic heterocycles. The molecule has 2 aliphatic rings. The largest absolute Gasteiger partial charge is 0.342 e. The molecule has 6 rings (SSSR count). The van der Waals surface area contributed by atoms with Gasteiger partial charge < -0.3 is 4.90 Å². The fraction of sp³-hybridized carbons (Fsp3) is 0.393. The van der Waals surface area contributed by atoms with Crippen molar-refractivity contribution in [3.05, 3.63) is 63.5 Å². The fourth-order valence-electron chi connectivity index (χ4n) is 5.54. The highest BCUT2D eigenvalue weighted by Gasteiger charge is 2.39. The molecular weight excluding hydrogens is 548 g/mol. The van der Waals surface area contributed by atoms with Gasteiger partial charge in [-0.1, -0.05) is 6.07 Å². The molecule has 208 valence electrons. The van der Waals surface area contributed by atoms with E-state index in [1.807, 2.05) is 11.0 Å². The molecule has 1 amide bonds. The predicted octanol–water partition coefficient (Wildman–Crippen LogP) is 4.21. The topological polar surface area (TPSA) is 127 Å². The molecule has 1 N–H and O–H groups in total. The Balaban J connectivity index is 1.27. The number of nitrogens with one attached hydrogen (secondary N) is 1. The molecule has 40 heavy (non-hydrogen) atoms. The lowest BCUT2D eigenvalue weighted by Crippen LogP contribution is -2.43. The van der Waals surface area contributed by atoms with Crippen LogP contribution in [0.25, 0.3) is 22.0 Å². The van der Waals surface area contributed by atoms with Gasteiger partial charge in [0.25, 0.3) is 15.6 Å². The minimum absolute atomic E-state index is 0.0319. The maximum atomic E-state index is 13.5. The van der Waals surface area contributed by atoms with Crippen LogP contribution in [-0.4, -0.2) is 51.8 Å². The molecule has 0 unspecified atom stereocenters. The van der Waals surface area contributed by atoms with Crippen molar-refractivity contribution in [3.63, 3.8) is 0 Å². The summed E-state index contributed by atoms with van der Waals surface area (Å²) in [4.78, 5) is 41.3. The molecule has 1 aromatic carbocycles. The van der Waals surface area contributed by atoms with Gasteiger partial charge in [0, 0.05) is 36.8 Å². The normalized spacial score (nSPS) is 19.1. The van der Waals surface area contributed by atoms with Crippen molar-refractivity contribution in [2.24, 2.45) is 5.92 Å². The fourth-order valence-corrected chi connectivity index (χ4v) is 8.13. The summed E-state index contributed by atoms with van der Waals surface area (Å²) in [6, 6.07) is 7.07. The summed E-state index contributed by atoms with van der Waals surface area (Å²) in [5, 5.41) is 1.14. The zero-order chi connectivity index (χ0) is 28.2. The van der Waals surface area contributed by atoms with Crippen molar-refractivity contribution < 1.29 is 13.2 Å². The third-order valence-corrected chi connectivity index (χ3v) is 10.9. The van der Waals surface area contributed by atoms with Crippen molar-refractivity contribution in [2.75, 3.05) is 17.8 Å². The molecule has 1 saturated heterocycles. The average molecular weight is 579 g/mol. The zero-order valence-corrected chi connectivity index (χ0v) is 24.2.